The van der Waals surface area contributed by atoms with Gasteiger partial charge in [-0.3, -0.25) is 14.2 Å². The van der Waals surface area contributed by atoms with Crippen molar-refractivity contribution in [2.24, 2.45) is 0 Å². The fourth-order valence-electron chi connectivity index (χ4n) is 3.52. The first kappa shape index (κ1) is 18.4. The van der Waals surface area contributed by atoms with E-state index >= 15 is 0 Å². The van der Waals surface area contributed by atoms with Gasteiger partial charge in [0.15, 0.2) is 5.65 Å². The average Bonchev–Trinajstić information content (AvgIpc) is 3.32. The minimum absolute atomic E-state index is 0.0669. The molecule has 0 spiro atoms. The highest BCUT2D eigenvalue weighted by molar-refractivity contribution is 5.78. The summed E-state index contributed by atoms with van der Waals surface area (Å²) in [5.41, 5.74) is 3.27. The van der Waals surface area contributed by atoms with Crippen LogP contribution in [-0.2, 0) is 16.1 Å². The summed E-state index contributed by atoms with van der Waals surface area (Å²) in [6.07, 6.45) is 4.94. The molecule has 1 aromatic carbocycles. The van der Waals surface area contributed by atoms with E-state index in [0.717, 1.165) is 36.3 Å². The number of amides is 1. The summed E-state index contributed by atoms with van der Waals surface area (Å²) in [5, 5.41) is 7.55. The Morgan fingerprint density at radius 1 is 1.36 bits per heavy atom. The molecular weight excluding hydrogens is 358 g/mol. The summed E-state index contributed by atoms with van der Waals surface area (Å²) in [7, 11) is 0. The summed E-state index contributed by atoms with van der Waals surface area (Å²) in [5.74, 6) is -0.236. The summed E-state index contributed by atoms with van der Waals surface area (Å²) in [6, 6.07) is 6.01. The second kappa shape index (κ2) is 7.55. The van der Waals surface area contributed by atoms with Crippen LogP contribution in [-0.4, -0.2) is 44.5 Å². The van der Waals surface area contributed by atoms with Crippen LogP contribution in [0.1, 0.15) is 24.0 Å². The number of nitrogens with one attached hydrogen (secondary N) is 1. The molecule has 1 fully saturated rings. The quantitative estimate of drug-likeness (QED) is 0.723. The van der Waals surface area contributed by atoms with Crippen molar-refractivity contribution < 1.29 is 9.53 Å². The molecule has 1 aliphatic heterocycles. The third-order valence-electron chi connectivity index (χ3n) is 5.00. The molecule has 2 aromatic heterocycles. The van der Waals surface area contributed by atoms with E-state index in [1.807, 2.05) is 26.0 Å². The van der Waals surface area contributed by atoms with Gasteiger partial charge in [0.25, 0.3) is 5.56 Å². The van der Waals surface area contributed by atoms with Crippen LogP contribution in [0.25, 0.3) is 16.7 Å². The lowest BCUT2D eigenvalue weighted by molar-refractivity contribution is -0.122. The predicted molar refractivity (Wildman–Crippen MR) is 105 cm³/mol. The van der Waals surface area contributed by atoms with Gasteiger partial charge in [-0.05, 0) is 38.3 Å². The van der Waals surface area contributed by atoms with Crippen LogP contribution in [0.4, 0.5) is 0 Å². The number of hydrogen-bond donors (Lipinski definition) is 1. The van der Waals surface area contributed by atoms with Crippen LogP contribution < -0.4 is 10.9 Å². The van der Waals surface area contributed by atoms with E-state index in [2.05, 4.69) is 21.5 Å². The number of carbonyl (C=O) groups excluding carboxylic acids is 1. The standard InChI is InChI=1S/C20H23N5O3/c1-13-5-6-17(14(2)8-13)25-19-16(10-23-25)20(27)24(12-22-19)11-18(26)21-9-15-4-3-7-28-15/h5-6,8,10,12,15H,3-4,7,9,11H2,1-2H3,(H,21,26). The van der Waals surface area contributed by atoms with Crippen molar-refractivity contribution in [2.75, 3.05) is 13.2 Å². The zero-order chi connectivity index (χ0) is 19.7. The summed E-state index contributed by atoms with van der Waals surface area (Å²) < 4.78 is 8.46. The molecule has 8 heteroatoms. The predicted octanol–water partition coefficient (Wildman–Crippen LogP) is 1.49. The molecule has 1 N–H and O–H groups in total. The van der Waals surface area contributed by atoms with Gasteiger partial charge < -0.3 is 10.1 Å². The Hall–Kier alpha value is -3.00. The van der Waals surface area contributed by atoms with Gasteiger partial charge in [0.1, 0.15) is 18.3 Å². The Bertz CT molecular complexity index is 1080. The number of fused-ring (bicyclic) bond motifs is 1. The van der Waals surface area contributed by atoms with Crippen LogP contribution in [0, 0.1) is 13.8 Å². The van der Waals surface area contributed by atoms with Crippen LogP contribution in [0.15, 0.2) is 35.5 Å². The number of hydrogen-bond acceptors (Lipinski definition) is 5. The second-order valence-electron chi connectivity index (χ2n) is 7.20. The number of nitrogens with zero attached hydrogens (tertiary/aromatic N) is 4. The number of carbonyl (C=O) groups is 1. The Morgan fingerprint density at radius 3 is 2.96 bits per heavy atom. The molecular formula is C20H23N5O3. The topological polar surface area (TPSA) is 91.0 Å². The van der Waals surface area contributed by atoms with E-state index in [1.54, 1.807) is 4.68 Å². The monoisotopic (exact) mass is 381 g/mol. The molecule has 0 radical (unpaired) electrons. The summed E-state index contributed by atoms with van der Waals surface area (Å²) >= 11 is 0. The molecule has 1 aliphatic rings. The van der Waals surface area contributed by atoms with Crippen molar-refractivity contribution in [2.45, 2.75) is 39.3 Å². The molecule has 8 nitrogen and oxygen atoms in total. The summed E-state index contributed by atoms with van der Waals surface area (Å²) in [4.78, 5) is 29.4. The van der Waals surface area contributed by atoms with Crippen LogP contribution in [0.3, 0.4) is 0 Å². The first-order chi connectivity index (χ1) is 13.5. The second-order valence-corrected chi connectivity index (χ2v) is 7.20. The lowest BCUT2D eigenvalue weighted by Gasteiger charge is -2.11. The smallest absolute Gasteiger partial charge is 0.264 e. The van der Waals surface area contributed by atoms with Gasteiger partial charge in [0, 0.05) is 13.2 Å². The number of benzene rings is 1. The maximum atomic E-state index is 12.8. The normalized spacial score (nSPS) is 16.6. The third-order valence-corrected chi connectivity index (χ3v) is 5.00. The molecule has 0 bridgehead atoms. The van der Waals surface area contributed by atoms with E-state index in [4.69, 9.17) is 4.74 Å². The Balaban J connectivity index is 1.56. The molecule has 3 aromatic rings. The zero-order valence-corrected chi connectivity index (χ0v) is 16.0. The van der Waals surface area contributed by atoms with Crippen molar-refractivity contribution in [1.29, 1.82) is 0 Å². The van der Waals surface area contributed by atoms with Gasteiger partial charge in [-0.2, -0.15) is 5.10 Å². The number of aromatic nitrogens is 4. The number of aryl methyl sites for hydroxylation is 2. The summed E-state index contributed by atoms with van der Waals surface area (Å²) in [6.45, 7) is 5.15. The lowest BCUT2D eigenvalue weighted by atomic mass is 10.1. The molecule has 1 amide bonds. The van der Waals surface area contributed by atoms with Crippen molar-refractivity contribution in [3.8, 4) is 5.69 Å². The lowest BCUT2D eigenvalue weighted by Crippen LogP contribution is -2.36. The third kappa shape index (κ3) is 3.55. The highest BCUT2D eigenvalue weighted by Gasteiger charge is 2.17. The van der Waals surface area contributed by atoms with Gasteiger partial charge in [-0.25, -0.2) is 9.67 Å². The first-order valence-corrected chi connectivity index (χ1v) is 9.42. The van der Waals surface area contributed by atoms with Gasteiger partial charge in [0.2, 0.25) is 5.91 Å². The van der Waals surface area contributed by atoms with Crippen molar-refractivity contribution in [3.05, 3.63) is 52.2 Å². The molecule has 28 heavy (non-hydrogen) atoms. The molecule has 1 atom stereocenters. The molecule has 4 rings (SSSR count). The number of rotatable bonds is 5. The molecule has 1 saturated heterocycles. The highest BCUT2D eigenvalue weighted by atomic mass is 16.5. The number of ether oxygens (including phenoxy) is 1. The molecule has 146 valence electrons. The SMILES string of the molecule is Cc1ccc(-n2ncc3c(=O)n(CC(=O)NCC4CCCO4)cnc32)c(C)c1. The van der Waals surface area contributed by atoms with E-state index in [1.165, 1.54) is 17.1 Å². The molecule has 1 unspecified atom stereocenters. The van der Waals surface area contributed by atoms with Gasteiger partial charge in [0.05, 0.1) is 18.0 Å². The first-order valence-electron chi connectivity index (χ1n) is 9.42. The largest absolute Gasteiger partial charge is 0.376 e. The van der Waals surface area contributed by atoms with Crippen molar-refractivity contribution >= 4 is 16.9 Å². The minimum Gasteiger partial charge on any atom is -0.376 e. The Kier molecular flexibility index (Phi) is 4.95. The van der Waals surface area contributed by atoms with Gasteiger partial charge >= 0.3 is 0 Å². The molecule has 0 saturated carbocycles. The van der Waals surface area contributed by atoms with Crippen LogP contribution >= 0.6 is 0 Å². The van der Waals surface area contributed by atoms with Crippen LogP contribution in [0.2, 0.25) is 0 Å². The Labute approximate surface area is 162 Å². The minimum atomic E-state index is -0.284. The average molecular weight is 381 g/mol. The van der Waals surface area contributed by atoms with E-state index < -0.39 is 0 Å². The van der Waals surface area contributed by atoms with Crippen LogP contribution in [0.5, 0.6) is 0 Å². The maximum absolute atomic E-state index is 12.8. The molecule has 3 heterocycles. The van der Waals surface area contributed by atoms with Gasteiger partial charge in [-0.1, -0.05) is 17.7 Å². The van der Waals surface area contributed by atoms with E-state index in [9.17, 15) is 9.59 Å². The fraction of sp³-hybridized carbons (Fsp3) is 0.400. The van der Waals surface area contributed by atoms with Crippen molar-refractivity contribution in [3.63, 3.8) is 0 Å². The highest BCUT2D eigenvalue weighted by Crippen LogP contribution is 2.18. The Morgan fingerprint density at radius 2 is 2.21 bits per heavy atom. The van der Waals surface area contributed by atoms with E-state index in [-0.39, 0.29) is 24.1 Å². The molecule has 0 aliphatic carbocycles. The van der Waals surface area contributed by atoms with Gasteiger partial charge in [-0.15, -0.1) is 0 Å². The maximum Gasteiger partial charge on any atom is 0.264 e. The van der Waals surface area contributed by atoms with E-state index in [0.29, 0.717) is 17.6 Å². The fourth-order valence-corrected chi connectivity index (χ4v) is 3.52. The zero-order valence-electron chi connectivity index (χ0n) is 16.0. The van der Waals surface area contributed by atoms with Crippen molar-refractivity contribution in [1.82, 2.24) is 24.6 Å².